The normalized spacial score (nSPS) is 10.2. The SMILES string of the molecule is Cc1cc(I)ccc1Nc1ccc(Cl)cc1C(=O)NCC(=O)O. The van der Waals surface area contributed by atoms with Crippen LogP contribution in [0.15, 0.2) is 36.4 Å². The first kappa shape index (κ1) is 17.6. The quantitative estimate of drug-likeness (QED) is 0.613. The van der Waals surface area contributed by atoms with Crippen molar-refractivity contribution < 1.29 is 14.7 Å². The summed E-state index contributed by atoms with van der Waals surface area (Å²) >= 11 is 8.18. The van der Waals surface area contributed by atoms with Crippen molar-refractivity contribution in [2.45, 2.75) is 6.92 Å². The van der Waals surface area contributed by atoms with E-state index in [0.29, 0.717) is 10.7 Å². The molecule has 120 valence electrons. The Morgan fingerprint density at radius 3 is 2.52 bits per heavy atom. The summed E-state index contributed by atoms with van der Waals surface area (Å²) in [7, 11) is 0. The zero-order valence-corrected chi connectivity index (χ0v) is 15.1. The molecule has 0 saturated carbocycles. The molecule has 5 nitrogen and oxygen atoms in total. The Bertz CT molecular complexity index is 765. The van der Waals surface area contributed by atoms with Gasteiger partial charge in [0.25, 0.3) is 5.91 Å². The molecule has 0 aromatic heterocycles. The van der Waals surface area contributed by atoms with Crippen LogP contribution >= 0.6 is 34.2 Å². The third-order valence-electron chi connectivity index (χ3n) is 3.08. The molecule has 0 aliphatic rings. The summed E-state index contributed by atoms with van der Waals surface area (Å²) in [6.07, 6.45) is 0. The van der Waals surface area contributed by atoms with Crippen molar-refractivity contribution in [1.82, 2.24) is 5.32 Å². The molecule has 0 aliphatic heterocycles. The first-order valence-corrected chi connectivity index (χ1v) is 8.15. The summed E-state index contributed by atoms with van der Waals surface area (Å²) in [6, 6.07) is 10.8. The van der Waals surface area contributed by atoms with Crippen LogP contribution in [-0.4, -0.2) is 23.5 Å². The molecule has 2 aromatic carbocycles. The highest BCUT2D eigenvalue weighted by atomic mass is 127. The van der Waals surface area contributed by atoms with Gasteiger partial charge in [-0.3, -0.25) is 9.59 Å². The number of nitrogens with one attached hydrogen (secondary N) is 2. The summed E-state index contributed by atoms with van der Waals surface area (Å²) < 4.78 is 1.11. The Balaban J connectivity index is 2.31. The molecule has 3 N–H and O–H groups in total. The van der Waals surface area contributed by atoms with Crippen molar-refractivity contribution in [2.75, 3.05) is 11.9 Å². The van der Waals surface area contributed by atoms with Gasteiger partial charge < -0.3 is 15.7 Å². The van der Waals surface area contributed by atoms with E-state index in [-0.39, 0.29) is 5.56 Å². The summed E-state index contributed by atoms with van der Waals surface area (Å²) in [6.45, 7) is 1.51. The number of rotatable bonds is 5. The van der Waals surface area contributed by atoms with Crippen LogP contribution < -0.4 is 10.6 Å². The van der Waals surface area contributed by atoms with Crippen molar-refractivity contribution in [2.24, 2.45) is 0 Å². The van der Waals surface area contributed by atoms with Crippen molar-refractivity contribution in [3.8, 4) is 0 Å². The molecule has 0 fully saturated rings. The Labute approximate surface area is 152 Å². The lowest BCUT2D eigenvalue weighted by atomic mass is 10.1. The standard InChI is InChI=1S/C16H14ClIN2O3/c1-9-6-11(18)3-5-13(9)20-14-4-2-10(17)7-12(14)16(23)19-8-15(21)22/h2-7,20H,8H2,1H3,(H,19,23)(H,21,22). The van der Waals surface area contributed by atoms with E-state index in [2.05, 4.69) is 33.2 Å². The van der Waals surface area contributed by atoms with Crippen molar-refractivity contribution in [3.05, 3.63) is 56.1 Å². The van der Waals surface area contributed by atoms with E-state index in [1.807, 2.05) is 25.1 Å². The first-order chi connectivity index (χ1) is 10.9. The second-order valence-electron chi connectivity index (χ2n) is 4.85. The average molecular weight is 445 g/mol. The van der Waals surface area contributed by atoms with Crippen molar-refractivity contribution in [3.63, 3.8) is 0 Å². The van der Waals surface area contributed by atoms with Gasteiger partial charge in [0.1, 0.15) is 6.54 Å². The predicted molar refractivity (Wildman–Crippen MR) is 98.6 cm³/mol. The molecule has 2 aromatic rings. The number of carbonyl (C=O) groups excluding carboxylic acids is 1. The van der Waals surface area contributed by atoms with Crippen LogP contribution in [0.1, 0.15) is 15.9 Å². The number of carbonyl (C=O) groups is 2. The molecule has 2 rings (SSSR count). The number of carboxylic acids is 1. The fourth-order valence-corrected chi connectivity index (χ4v) is 2.80. The average Bonchev–Trinajstić information content (AvgIpc) is 2.49. The second-order valence-corrected chi connectivity index (χ2v) is 6.53. The predicted octanol–water partition coefficient (Wildman–Crippen LogP) is 3.81. The highest BCUT2D eigenvalue weighted by Gasteiger charge is 2.14. The molecule has 0 heterocycles. The maximum Gasteiger partial charge on any atom is 0.322 e. The third kappa shape index (κ3) is 4.84. The Hall–Kier alpha value is -1.80. The molecule has 0 radical (unpaired) electrons. The molecule has 23 heavy (non-hydrogen) atoms. The van der Waals surface area contributed by atoms with Crippen LogP contribution in [0.4, 0.5) is 11.4 Å². The molecule has 0 aliphatic carbocycles. The largest absolute Gasteiger partial charge is 0.480 e. The van der Waals surface area contributed by atoms with Crippen LogP contribution in [0.3, 0.4) is 0 Å². The van der Waals surface area contributed by atoms with Gasteiger partial charge in [-0.2, -0.15) is 0 Å². The first-order valence-electron chi connectivity index (χ1n) is 6.69. The van der Waals surface area contributed by atoms with Gasteiger partial charge >= 0.3 is 5.97 Å². The maximum absolute atomic E-state index is 12.2. The summed E-state index contributed by atoms with van der Waals surface area (Å²) in [5.41, 5.74) is 2.74. The van der Waals surface area contributed by atoms with E-state index >= 15 is 0 Å². The van der Waals surface area contributed by atoms with E-state index in [4.69, 9.17) is 16.7 Å². The lowest BCUT2D eigenvalue weighted by molar-refractivity contribution is -0.135. The zero-order valence-electron chi connectivity index (χ0n) is 12.2. The Morgan fingerprint density at radius 2 is 1.87 bits per heavy atom. The van der Waals surface area contributed by atoms with Gasteiger partial charge in [-0.05, 0) is 71.5 Å². The van der Waals surface area contributed by atoms with Crippen LogP contribution in [0.5, 0.6) is 0 Å². The number of benzene rings is 2. The van der Waals surface area contributed by atoms with Crippen molar-refractivity contribution in [1.29, 1.82) is 0 Å². The van der Waals surface area contributed by atoms with E-state index in [0.717, 1.165) is 14.8 Å². The van der Waals surface area contributed by atoms with Gasteiger partial charge in [-0.15, -0.1) is 0 Å². The van der Waals surface area contributed by atoms with Crippen LogP contribution in [0.2, 0.25) is 5.02 Å². The smallest absolute Gasteiger partial charge is 0.322 e. The van der Waals surface area contributed by atoms with Gasteiger partial charge in [0, 0.05) is 14.3 Å². The lowest BCUT2D eigenvalue weighted by Gasteiger charge is -2.14. The number of aryl methyl sites for hydroxylation is 1. The lowest BCUT2D eigenvalue weighted by Crippen LogP contribution is -2.29. The van der Waals surface area contributed by atoms with Gasteiger partial charge in [0.2, 0.25) is 0 Å². The molecule has 1 amide bonds. The summed E-state index contributed by atoms with van der Waals surface area (Å²) in [4.78, 5) is 22.8. The van der Waals surface area contributed by atoms with Crippen molar-refractivity contribution >= 4 is 57.4 Å². The molecule has 0 unspecified atom stereocenters. The van der Waals surface area contributed by atoms with Gasteiger partial charge in [-0.25, -0.2) is 0 Å². The minimum absolute atomic E-state index is 0.289. The van der Waals surface area contributed by atoms with Crippen LogP contribution in [0.25, 0.3) is 0 Å². The molecular formula is C16H14ClIN2O3. The maximum atomic E-state index is 12.2. The summed E-state index contributed by atoms with van der Waals surface area (Å²) in [5.74, 6) is -1.61. The van der Waals surface area contributed by atoms with Gasteiger partial charge in [-0.1, -0.05) is 11.6 Å². The fraction of sp³-hybridized carbons (Fsp3) is 0.125. The zero-order chi connectivity index (χ0) is 17.0. The molecule has 0 spiro atoms. The van der Waals surface area contributed by atoms with Gasteiger partial charge in [0.05, 0.1) is 11.3 Å². The number of halogens is 2. The number of hydrogen-bond acceptors (Lipinski definition) is 3. The van der Waals surface area contributed by atoms with Crippen LogP contribution in [-0.2, 0) is 4.79 Å². The van der Waals surface area contributed by atoms with E-state index in [1.165, 1.54) is 6.07 Å². The molecule has 0 saturated heterocycles. The minimum Gasteiger partial charge on any atom is -0.480 e. The van der Waals surface area contributed by atoms with Crippen LogP contribution in [0, 0.1) is 10.5 Å². The van der Waals surface area contributed by atoms with Gasteiger partial charge in [0.15, 0.2) is 0 Å². The number of hydrogen-bond donors (Lipinski definition) is 3. The molecule has 0 bridgehead atoms. The van der Waals surface area contributed by atoms with E-state index in [9.17, 15) is 9.59 Å². The molecular weight excluding hydrogens is 431 g/mol. The Morgan fingerprint density at radius 1 is 1.17 bits per heavy atom. The topological polar surface area (TPSA) is 78.4 Å². The highest BCUT2D eigenvalue weighted by molar-refractivity contribution is 14.1. The number of aliphatic carboxylic acids is 1. The number of amides is 1. The van der Waals surface area contributed by atoms with E-state index in [1.54, 1.807) is 12.1 Å². The number of anilines is 2. The monoisotopic (exact) mass is 444 g/mol. The third-order valence-corrected chi connectivity index (χ3v) is 3.99. The molecule has 7 heteroatoms. The van der Waals surface area contributed by atoms with E-state index < -0.39 is 18.4 Å². The molecule has 0 atom stereocenters. The minimum atomic E-state index is -1.11. The highest BCUT2D eigenvalue weighted by Crippen LogP contribution is 2.27. The fourth-order valence-electron chi connectivity index (χ4n) is 1.98. The second kappa shape index (κ2) is 7.65. The summed E-state index contributed by atoms with van der Waals surface area (Å²) in [5, 5.41) is 14.6. The number of carboxylic acid groups (broad SMARTS) is 1. The Kier molecular flexibility index (Phi) is 5.84.